The zero-order valence-corrected chi connectivity index (χ0v) is 74.4. The lowest BCUT2D eigenvalue weighted by molar-refractivity contribution is -0.139. The highest BCUT2D eigenvalue weighted by Crippen LogP contribution is 2.31. The molecule has 0 aliphatic carbocycles. The lowest BCUT2D eigenvalue weighted by atomic mass is 9.98. The molecule has 0 radical (unpaired) electrons. The summed E-state index contributed by atoms with van der Waals surface area (Å²) in [5.41, 5.74) is 18.6. The number of para-hydroxylation sites is 3. The van der Waals surface area contributed by atoms with E-state index in [4.69, 9.17) is 40.4 Å². The van der Waals surface area contributed by atoms with Gasteiger partial charge in [-0.1, -0.05) is 240 Å². The highest BCUT2D eigenvalue weighted by atomic mass is 19.1. The smallest absolute Gasteiger partial charge is 0.341 e. The summed E-state index contributed by atoms with van der Waals surface area (Å²) in [6.45, 7) is 39.2. The quantitative estimate of drug-likeness (QED) is 0.0346. The van der Waals surface area contributed by atoms with Crippen LogP contribution in [0.3, 0.4) is 0 Å². The van der Waals surface area contributed by atoms with Gasteiger partial charge in [-0.2, -0.15) is 5.21 Å². The van der Waals surface area contributed by atoms with E-state index in [9.17, 15) is 47.1 Å². The number of aliphatic carboxylic acids is 1. The van der Waals surface area contributed by atoms with Crippen LogP contribution < -0.4 is 19.9 Å². The minimum absolute atomic E-state index is 0.00343. The Morgan fingerprint density at radius 2 is 0.877 bits per heavy atom. The summed E-state index contributed by atoms with van der Waals surface area (Å²) >= 11 is 0. The van der Waals surface area contributed by atoms with Gasteiger partial charge < -0.3 is 50.2 Å². The number of benzene rings is 9. The maximum Gasteiger partial charge on any atom is 0.341 e. The Hall–Kier alpha value is -12.7. The first-order chi connectivity index (χ1) is 57.3. The summed E-state index contributed by atoms with van der Waals surface area (Å²) < 4.78 is 41.6. The van der Waals surface area contributed by atoms with Crippen LogP contribution in [0.2, 0.25) is 0 Å². The van der Waals surface area contributed by atoms with E-state index in [1.165, 1.54) is 53.4 Å². The third-order valence-corrected chi connectivity index (χ3v) is 18.5. The predicted molar refractivity (Wildman–Crippen MR) is 477 cm³/mol. The summed E-state index contributed by atoms with van der Waals surface area (Å²) in [4.78, 5) is 89.8. The van der Waals surface area contributed by atoms with Crippen molar-refractivity contribution >= 4 is 47.4 Å². The fraction of sp³-hybridized carbons (Fsp3) is 0.357. The first-order valence-corrected chi connectivity index (χ1v) is 40.4. The van der Waals surface area contributed by atoms with E-state index in [1.54, 1.807) is 54.2 Å². The number of nitrogens with zero attached hydrogens (tertiary/aromatic N) is 5. The molecule has 654 valence electrons. The molecular formula is C98H123F2N7O15. The Bertz CT molecular complexity index is 4820. The highest BCUT2D eigenvalue weighted by Gasteiger charge is 2.25. The average molecular weight is 1680 g/mol. The molecule has 0 spiro atoms. The van der Waals surface area contributed by atoms with Gasteiger partial charge in [-0.05, 0) is 206 Å². The Morgan fingerprint density at radius 3 is 1.30 bits per heavy atom. The fourth-order valence-electron chi connectivity index (χ4n) is 11.3. The zero-order valence-electron chi connectivity index (χ0n) is 74.4. The molecule has 3 amide bonds. The zero-order chi connectivity index (χ0) is 91.8. The van der Waals surface area contributed by atoms with Crippen molar-refractivity contribution in [3.05, 3.63) is 295 Å². The number of nitrogens with one attached hydrogen (secondary N) is 1. The number of aromatic nitrogens is 4. The lowest BCUT2D eigenvalue weighted by Gasteiger charge is -2.12. The summed E-state index contributed by atoms with van der Waals surface area (Å²) in [5.74, 6) is 0.734. The first-order valence-electron chi connectivity index (χ1n) is 40.4. The molecule has 0 saturated heterocycles. The van der Waals surface area contributed by atoms with E-state index < -0.39 is 41.4 Å². The molecule has 7 N–H and O–H groups in total. The van der Waals surface area contributed by atoms with Gasteiger partial charge >= 0.3 is 23.9 Å². The van der Waals surface area contributed by atoms with Crippen molar-refractivity contribution in [1.29, 1.82) is 0 Å². The van der Waals surface area contributed by atoms with Crippen molar-refractivity contribution in [2.24, 2.45) is 5.73 Å². The van der Waals surface area contributed by atoms with Gasteiger partial charge in [0.15, 0.2) is 19.0 Å². The topological polar surface area (TPSA) is 332 Å². The second kappa shape index (κ2) is 52.3. The van der Waals surface area contributed by atoms with Gasteiger partial charge in [-0.3, -0.25) is 19.2 Å². The molecule has 1 aliphatic heterocycles. The maximum atomic E-state index is 12.9. The molecule has 1 aliphatic rings. The molecule has 122 heavy (non-hydrogen) atoms. The molecule has 2 heterocycles. The number of primary amides is 1. The summed E-state index contributed by atoms with van der Waals surface area (Å²) in [6.07, 6.45) is 0. The lowest BCUT2D eigenvalue weighted by Crippen LogP contribution is -2.21. The Kier molecular flexibility index (Phi) is 44.4. The molecule has 10 aromatic rings. The van der Waals surface area contributed by atoms with Crippen LogP contribution in [-0.2, 0) is 20.9 Å². The number of tetrazole rings is 1. The van der Waals surface area contributed by atoms with Crippen LogP contribution in [0.25, 0.3) is 11.4 Å². The third kappa shape index (κ3) is 36.5. The number of aromatic amines is 1. The summed E-state index contributed by atoms with van der Waals surface area (Å²) in [7, 11) is 5.37. The van der Waals surface area contributed by atoms with Crippen LogP contribution in [0.15, 0.2) is 200 Å². The number of rotatable bonds is 23. The number of ether oxygens (including phenoxy) is 3. The molecule has 0 saturated carbocycles. The molecule has 22 nitrogen and oxygen atoms in total. The number of amides is 3. The molecule has 0 fully saturated rings. The standard InChI is InChI=1S/C12H15NO.C12H17NO.C12H16O2.C11H15NO2.C11H14O3.2C10H11FO2.C10H12N4.C10H12O2/c1-8(2)9-4-5-11-10(6-9)7-13(3)12(11)14;1-9(2)10-5-7-11(8-6-10)12(14)13(3)4;1-9(2)11-6-4-5-7-12(11)14-8-10(3)13;2*1-8(2)9-5-3-4-6-10(9)14-7-11(12)13;1-6(2)7-3-8(10(12)13)5-9(11)4-7;1-6(2)7-3-4-9(11)8(5-7)10(12)13;1-7(2)8-4-3-5-9(6-8)10-11-13-14-12-10;1-7(2)8-4-3-5-9(6-8)10(11)12/h4-6,8H,7H2,1-3H3;5-9H,1-4H3;4-7,9H,8H2,1-3H3;3-6,8H,7H2,1-2H3,(H2,12,13);3-6,8H,7H2,1-2H3,(H,12,13);2*3-6H,1-2H3,(H,12,13);3-7H,1-2H3,(H,11,12,13,14);3-7H,1-2H3,(H,11,12). The van der Waals surface area contributed by atoms with E-state index in [-0.39, 0.29) is 60.4 Å². The van der Waals surface area contributed by atoms with Gasteiger partial charge in [0.1, 0.15) is 35.5 Å². The van der Waals surface area contributed by atoms with Gasteiger partial charge in [0, 0.05) is 44.4 Å². The summed E-state index contributed by atoms with van der Waals surface area (Å²) in [5, 5.41) is 48.3. The number of aromatic carboxylic acids is 3. The molecular weight excluding hydrogens is 1550 g/mol. The van der Waals surface area contributed by atoms with Crippen LogP contribution in [-0.4, -0.2) is 139 Å². The van der Waals surface area contributed by atoms with Crippen molar-refractivity contribution in [2.75, 3.05) is 41.0 Å². The van der Waals surface area contributed by atoms with Crippen molar-refractivity contribution in [1.82, 2.24) is 30.4 Å². The minimum atomic E-state index is -1.22. The normalized spacial score (nSPS) is 10.9. The Balaban J connectivity index is 0.000000355. The number of H-pyrrole nitrogens is 1. The number of carbonyl (C=O) groups is 8. The van der Waals surface area contributed by atoms with E-state index >= 15 is 0 Å². The van der Waals surface area contributed by atoms with Crippen LogP contribution in [0, 0.1) is 11.6 Å². The first kappa shape index (κ1) is 103. The van der Waals surface area contributed by atoms with Gasteiger partial charge in [-0.25, -0.2) is 28.0 Å². The SMILES string of the molecule is CC(=O)COc1ccccc1C(C)C.CC(C)c1cc(F)cc(C(=O)O)c1.CC(C)c1ccc(C(=O)N(C)C)cc1.CC(C)c1ccc(F)c(C(=O)O)c1.CC(C)c1ccc2c(c1)CN(C)C2=O.CC(C)c1cccc(-c2nn[nH]n2)c1.CC(C)c1cccc(C(=O)O)c1.CC(C)c1ccccc1OCC(=O)O.CC(C)c1ccccc1OCC(N)=O. The van der Waals surface area contributed by atoms with Crippen molar-refractivity contribution in [2.45, 2.75) is 191 Å². The van der Waals surface area contributed by atoms with E-state index in [0.717, 1.165) is 68.6 Å². The third-order valence-electron chi connectivity index (χ3n) is 18.5. The minimum Gasteiger partial charge on any atom is -0.486 e. The number of halogens is 2. The maximum absolute atomic E-state index is 12.9. The van der Waals surface area contributed by atoms with Gasteiger partial charge in [0.05, 0.1) is 16.7 Å². The van der Waals surface area contributed by atoms with Crippen LogP contribution in [0.5, 0.6) is 17.2 Å². The Labute approximate surface area is 717 Å². The largest absolute Gasteiger partial charge is 0.486 e. The molecule has 0 atom stereocenters. The molecule has 1 aromatic heterocycles. The number of hydrogen-bond acceptors (Lipinski definition) is 14. The number of carboxylic acid groups (broad SMARTS) is 4. The Morgan fingerprint density at radius 1 is 0.451 bits per heavy atom. The average Bonchev–Trinajstić information content (AvgIpc) is 1.66. The molecule has 0 bridgehead atoms. The number of carboxylic acids is 4. The number of Topliss-reactive ketones (excluding diaryl/α,β-unsaturated/α-hetero) is 1. The van der Waals surface area contributed by atoms with Crippen LogP contribution in [0.1, 0.15) is 292 Å². The van der Waals surface area contributed by atoms with E-state index in [2.05, 4.69) is 114 Å². The number of fused-ring (bicyclic) bond motifs is 1. The molecule has 24 heteroatoms. The van der Waals surface area contributed by atoms with Crippen LogP contribution in [0.4, 0.5) is 8.78 Å². The van der Waals surface area contributed by atoms with E-state index in [1.807, 2.05) is 178 Å². The summed E-state index contributed by atoms with van der Waals surface area (Å²) in [6, 6.07) is 60.2. The number of nitrogens with two attached hydrogens (primary N) is 1. The predicted octanol–water partition coefficient (Wildman–Crippen LogP) is 21.4. The van der Waals surface area contributed by atoms with Crippen molar-refractivity contribution < 1.29 is 81.8 Å². The highest BCUT2D eigenvalue weighted by molar-refractivity contribution is 5.98. The van der Waals surface area contributed by atoms with Crippen LogP contribution >= 0.6 is 0 Å². The molecule has 9 aromatic carbocycles. The van der Waals surface area contributed by atoms with Gasteiger partial charge in [0.25, 0.3) is 17.7 Å². The van der Waals surface area contributed by atoms with Crippen molar-refractivity contribution in [3.63, 3.8) is 0 Å². The number of carbonyl (C=O) groups excluding carboxylic acids is 4. The van der Waals surface area contributed by atoms with Gasteiger partial charge in [0.2, 0.25) is 5.82 Å². The fourth-order valence-corrected chi connectivity index (χ4v) is 11.3. The monoisotopic (exact) mass is 1680 g/mol. The van der Waals surface area contributed by atoms with Gasteiger partial charge in [-0.15, -0.1) is 10.2 Å². The molecule has 11 rings (SSSR count). The molecule has 0 unspecified atom stereocenters. The second-order valence-corrected chi connectivity index (χ2v) is 31.7. The second-order valence-electron chi connectivity index (χ2n) is 31.7. The number of hydrogen-bond donors (Lipinski definition) is 6. The number of ketones is 1. The van der Waals surface area contributed by atoms with Crippen molar-refractivity contribution in [3.8, 4) is 28.6 Å². The van der Waals surface area contributed by atoms with E-state index in [0.29, 0.717) is 64.1 Å².